The van der Waals surface area contributed by atoms with E-state index in [-0.39, 0.29) is 0 Å². The third kappa shape index (κ3) is 4.56. The molecule has 6 heavy (non-hydrogen) atoms. The molecule has 4 heteroatoms. The summed E-state index contributed by atoms with van der Waals surface area (Å²) < 4.78 is 22.0. The molecule has 0 radical (unpaired) electrons. The number of halogens is 2. The highest BCUT2D eigenvalue weighted by Crippen LogP contribution is 2.24. The summed E-state index contributed by atoms with van der Waals surface area (Å²) in [6.07, 6.45) is 1.62. The molecule has 0 amide bonds. The normalized spacial score (nSPS) is 10.0. The lowest BCUT2D eigenvalue weighted by Gasteiger charge is -1.87. The summed E-state index contributed by atoms with van der Waals surface area (Å²) >= 11 is 0. The Morgan fingerprint density at radius 1 is 1.50 bits per heavy atom. The van der Waals surface area contributed by atoms with Crippen LogP contribution in [-0.4, -0.2) is 12.0 Å². The fourth-order valence-electron chi connectivity index (χ4n) is 0.0727. The minimum atomic E-state index is -2.22. The third-order valence-electron chi connectivity index (χ3n) is 0.169. The highest BCUT2D eigenvalue weighted by atomic mass is 33.1. The van der Waals surface area contributed by atoms with Gasteiger partial charge in [0.05, 0.1) is 0 Å². The van der Waals surface area contributed by atoms with Gasteiger partial charge < -0.3 is 0 Å². The van der Waals surface area contributed by atoms with Crippen molar-refractivity contribution in [1.29, 1.82) is 0 Å². The Hall–Kier alpha value is 0.560. The molecule has 0 saturated carbocycles. The van der Waals surface area contributed by atoms with E-state index in [1.54, 1.807) is 6.26 Å². The Bertz CT molecular complexity index is 30.7. The molecule has 0 saturated heterocycles. The van der Waals surface area contributed by atoms with Gasteiger partial charge >= 0.3 is 0 Å². The zero-order valence-corrected chi connectivity index (χ0v) is 4.78. The van der Waals surface area contributed by atoms with E-state index >= 15 is 0 Å². The molecule has 0 rings (SSSR count). The van der Waals surface area contributed by atoms with E-state index in [2.05, 4.69) is 0 Å². The van der Waals surface area contributed by atoms with Crippen LogP contribution in [0.1, 0.15) is 0 Å². The fraction of sp³-hybridized carbons (Fsp3) is 1.00. The molecule has 0 nitrogen and oxygen atoms in total. The molecule has 0 aliphatic rings. The Morgan fingerprint density at radius 3 is 2.00 bits per heavy atom. The van der Waals surface area contributed by atoms with Crippen molar-refractivity contribution >= 4 is 21.6 Å². The molecule has 0 spiro atoms. The molecular formula is C2H4F2S2. The summed E-state index contributed by atoms with van der Waals surface area (Å²) in [6, 6.07) is 0. The third-order valence-corrected chi connectivity index (χ3v) is 1.52. The van der Waals surface area contributed by atoms with Gasteiger partial charge in [0.2, 0.25) is 0 Å². The number of hydrogen-bond donors (Lipinski definition) is 0. The summed E-state index contributed by atoms with van der Waals surface area (Å²) in [4.78, 5) is 0. The van der Waals surface area contributed by atoms with Crippen LogP contribution in [0.4, 0.5) is 8.78 Å². The Morgan fingerprint density at radius 2 is 2.00 bits per heavy atom. The quantitative estimate of drug-likeness (QED) is 0.526. The lowest BCUT2D eigenvalue weighted by Crippen LogP contribution is -1.71. The van der Waals surface area contributed by atoms with Gasteiger partial charge in [-0.2, -0.15) is 8.78 Å². The molecule has 0 aromatic heterocycles. The van der Waals surface area contributed by atoms with Crippen LogP contribution < -0.4 is 0 Å². The summed E-state index contributed by atoms with van der Waals surface area (Å²) in [5.74, 6) is -2.22. The lowest BCUT2D eigenvalue weighted by molar-refractivity contribution is 0.254. The van der Waals surface area contributed by atoms with Crippen LogP contribution in [0.2, 0.25) is 0 Å². The maximum Gasteiger partial charge on any atom is 0.294 e. The number of rotatable bonds is 2. The van der Waals surface area contributed by atoms with Crippen molar-refractivity contribution in [3.8, 4) is 0 Å². The minimum Gasteiger partial charge on any atom is -0.197 e. The van der Waals surface area contributed by atoms with Gasteiger partial charge in [0.25, 0.3) is 5.76 Å². The van der Waals surface area contributed by atoms with E-state index < -0.39 is 5.76 Å². The molecule has 0 aliphatic heterocycles. The molecule has 0 bridgehead atoms. The molecule has 0 atom stereocenters. The minimum absolute atomic E-state index is 0.569. The average Bonchev–Trinajstić information content (AvgIpc) is 1.35. The lowest BCUT2D eigenvalue weighted by atomic mass is 11.7. The highest BCUT2D eigenvalue weighted by Gasteiger charge is 1.97. The van der Waals surface area contributed by atoms with Crippen LogP contribution >= 0.6 is 21.6 Å². The van der Waals surface area contributed by atoms with Gasteiger partial charge in [0.15, 0.2) is 0 Å². The first-order valence-electron chi connectivity index (χ1n) is 1.25. The topological polar surface area (TPSA) is 0 Å². The molecule has 0 aliphatic carbocycles. The van der Waals surface area contributed by atoms with Crippen molar-refractivity contribution in [3.63, 3.8) is 0 Å². The van der Waals surface area contributed by atoms with E-state index in [0.717, 1.165) is 10.8 Å². The van der Waals surface area contributed by atoms with E-state index in [1.807, 2.05) is 0 Å². The molecule has 38 valence electrons. The van der Waals surface area contributed by atoms with Gasteiger partial charge in [-0.3, -0.25) is 0 Å². The second-order valence-corrected chi connectivity index (χ2v) is 2.98. The first kappa shape index (κ1) is 6.56. The summed E-state index contributed by atoms with van der Waals surface area (Å²) in [7, 11) is 1.65. The predicted molar refractivity (Wildman–Crippen MR) is 27.1 cm³/mol. The summed E-state index contributed by atoms with van der Waals surface area (Å²) in [5, 5.41) is 0. The maximum absolute atomic E-state index is 11.0. The van der Waals surface area contributed by atoms with Crippen molar-refractivity contribution in [2.75, 3.05) is 6.26 Å². The molecule has 0 fully saturated rings. The largest absolute Gasteiger partial charge is 0.294 e. The SMILES string of the molecule is CSSC(F)F. The molecule has 0 aromatic rings. The van der Waals surface area contributed by atoms with Gasteiger partial charge in [0.1, 0.15) is 0 Å². The van der Waals surface area contributed by atoms with Crippen molar-refractivity contribution in [2.24, 2.45) is 0 Å². The van der Waals surface area contributed by atoms with Crippen molar-refractivity contribution < 1.29 is 8.78 Å². The van der Waals surface area contributed by atoms with Gasteiger partial charge in [-0.05, 0) is 17.0 Å². The van der Waals surface area contributed by atoms with E-state index in [0.29, 0.717) is 10.8 Å². The second-order valence-electron chi connectivity index (χ2n) is 0.524. The second kappa shape index (κ2) is 3.74. The van der Waals surface area contributed by atoms with Crippen LogP contribution in [0.3, 0.4) is 0 Å². The van der Waals surface area contributed by atoms with Gasteiger partial charge in [-0.15, -0.1) is 0 Å². The summed E-state index contributed by atoms with van der Waals surface area (Å²) in [6.45, 7) is 0. The Kier molecular flexibility index (Phi) is 4.09. The summed E-state index contributed by atoms with van der Waals surface area (Å²) in [5.41, 5.74) is 0. The van der Waals surface area contributed by atoms with Crippen LogP contribution in [0.25, 0.3) is 0 Å². The zero-order valence-electron chi connectivity index (χ0n) is 3.15. The van der Waals surface area contributed by atoms with E-state index in [1.165, 1.54) is 0 Å². The molecule has 0 unspecified atom stereocenters. The van der Waals surface area contributed by atoms with Crippen LogP contribution in [0, 0.1) is 0 Å². The Balaban J connectivity index is 2.63. The van der Waals surface area contributed by atoms with Gasteiger partial charge in [-0.25, -0.2) is 0 Å². The van der Waals surface area contributed by atoms with E-state index in [9.17, 15) is 8.78 Å². The van der Waals surface area contributed by atoms with E-state index in [4.69, 9.17) is 0 Å². The van der Waals surface area contributed by atoms with Crippen molar-refractivity contribution in [1.82, 2.24) is 0 Å². The molecule has 0 heterocycles. The average molecular weight is 130 g/mol. The molecular weight excluding hydrogens is 126 g/mol. The fourth-order valence-corrected chi connectivity index (χ4v) is 0.655. The maximum atomic E-state index is 11.0. The van der Waals surface area contributed by atoms with Crippen molar-refractivity contribution in [3.05, 3.63) is 0 Å². The monoisotopic (exact) mass is 130 g/mol. The Labute approximate surface area is 43.1 Å². The smallest absolute Gasteiger partial charge is 0.197 e. The van der Waals surface area contributed by atoms with Crippen molar-refractivity contribution in [2.45, 2.75) is 5.76 Å². The highest BCUT2D eigenvalue weighted by molar-refractivity contribution is 8.76. The first-order valence-corrected chi connectivity index (χ1v) is 3.87. The number of hydrogen-bond acceptors (Lipinski definition) is 2. The predicted octanol–water partition coefficient (Wildman–Crippen LogP) is 2.22. The van der Waals surface area contributed by atoms with Crippen LogP contribution in [0.15, 0.2) is 0 Å². The van der Waals surface area contributed by atoms with Crippen LogP contribution in [0.5, 0.6) is 0 Å². The number of alkyl halides is 2. The standard InChI is InChI=1S/C2H4F2S2/c1-5-6-2(3)4/h2H,1H3. The molecule has 0 aromatic carbocycles. The van der Waals surface area contributed by atoms with Gasteiger partial charge in [-0.1, -0.05) is 10.8 Å². The zero-order chi connectivity index (χ0) is 4.99. The van der Waals surface area contributed by atoms with Gasteiger partial charge in [0, 0.05) is 0 Å². The van der Waals surface area contributed by atoms with Crippen LogP contribution in [-0.2, 0) is 0 Å². The first-order chi connectivity index (χ1) is 2.77. The molecule has 0 N–H and O–H groups in total.